The minimum Gasteiger partial charge on any atom is -0.488 e. The van der Waals surface area contributed by atoms with Crippen LogP contribution in [0.2, 0.25) is 5.02 Å². The molecule has 1 saturated heterocycles. The largest absolute Gasteiger partial charge is 0.488 e. The van der Waals surface area contributed by atoms with Gasteiger partial charge < -0.3 is 10.1 Å². The maximum Gasteiger partial charge on any atom is 0.231 e. The van der Waals surface area contributed by atoms with E-state index in [9.17, 15) is 4.79 Å². The van der Waals surface area contributed by atoms with E-state index in [1.165, 1.54) is 4.90 Å². The second-order valence-electron chi connectivity index (χ2n) is 7.93. The molecule has 1 heterocycles. The van der Waals surface area contributed by atoms with Crippen LogP contribution in [0.5, 0.6) is 5.75 Å². The summed E-state index contributed by atoms with van der Waals surface area (Å²) in [6, 6.07) is 23.5. The zero-order chi connectivity index (χ0) is 22.0. The first-order valence-corrected chi connectivity index (χ1v) is 10.4. The topological polar surface area (TPSA) is 65.4 Å². The Morgan fingerprint density at radius 2 is 1.87 bits per heavy atom. The van der Waals surface area contributed by atoms with Gasteiger partial charge in [-0.1, -0.05) is 60.1 Å². The van der Waals surface area contributed by atoms with Crippen molar-refractivity contribution >= 4 is 23.5 Å². The van der Waals surface area contributed by atoms with Crippen molar-refractivity contribution in [1.82, 2.24) is 10.2 Å². The van der Waals surface area contributed by atoms with Crippen LogP contribution in [0, 0.1) is 5.41 Å². The fraction of sp³-hybridized carbons (Fsp3) is 0.200. The van der Waals surface area contributed by atoms with E-state index < -0.39 is 5.54 Å². The lowest BCUT2D eigenvalue weighted by Crippen LogP contribution is -2.58. The van der Waals surface area contributed by atoms with Gasteiger partial charge >= 0.3 is 0 Å². The number of nitrogens with zero attached hydrogens (tertiary/aromatic N) is 1. The van der Waals surface area contributed by atoms with Crippen molar-refractivity contribution in [3.8, 4) is 16.9 Å². The van der Waals surface area contributed by atoms with Crippen LogP contribution in [0.15, 0.2) is 72.8 Å². The fourth-order valence-electron chi connectivity index (χ4n) is 3.73. The zero-order valence-corrected chi connectivity index (χ0v) is 18.2. The first-order valence-electron chi connectivity index (χ1n) is 10.1. The van der Waals surface area contributed by atoms with Gasteiger partial charge in [0.1, 0.15) is 12.4 Å². The number of nitrogens with one attached hydrogen (secondary N) is 2. The van der Waals surface area contributed by atoms with Gasteiger partial charge in [0.2, 0.25) is 5.91 Å². The normalized spacial score (nSPS) is 18.6. The van der Waals surface area contributed by atoms with Crippen molar-refractivity contribution in [2.45, 2.75) is 25.5 Å². The van der Waals surface area contributed by atoms with Gasteiger partial charge in [0.25, 0.3) is 0 Å². The molecular formula is C25H24ClN3O2. The lowest BCUT2D eigenvalue weighted by Gasteiger charge is -2.39. The number of hydrogen-bond acceptors (Lipinski definition) is 3. The van der Waals surface area contributed by atoms with Crippen LogP contribution >= 0.6 is 11.6 Å². The van der Waals surface area contributed by atoms with Crippen LogP contribution in [0.3, 0.4) is 0 Å². The number of carbonyl (C=O) groups excluding carboxylic acids is 1. The third-order valence-corrected chi connectivity index (χ3v) is 5.83. The molecule has 6 heteroatoms. The van der Waals surface area contributed by atoms with Gasteiger partial charge in [-0.2, -0.15) is 0 Å². The number of rotatable bonds is 5. The highest BCUT2D eigenvalue weighted by atomic mass is 35.5. The van der Waals surface area contributed by atoms with Crippen molar-refractivity contribution < 1.29 is 9.53 Å². The molecule has 4 rings (SSSR count). The summed E-state index contributed by atoms with van der Waals surface area (Å²) >= 11 is 6.31. The van der Waals surface area contributed by atoms with E-state index in [0.717, 1.165) is 28.0 Å². The molecule has 1 atom stereocenters. The monoisotopic (exact) mass is 433 g/mol. The molecule has 0 radical (unpaired) electrons. The highest BCUT2D eigenvalue weighted by molar-refractivity contribution is 6.31. The summed E-state index contributed by atoms with van der Waals surface area (Å²) in [7, 11) is 1.61. The number of amides is 1. The Hall–Kier alpha value is -3.31. The fourth-order valence-corrected chi connectivity index (χ4v) is 3.90. The van der Waals surface area contributed by atoms with Crippen molar-refractivity contribution in [3.05, 3.63) is 88.9 Å². The number of ether oxygens (including phenoxy) is 1. The Bertz CT molecular complexity index is 1110. The van der Waals surface area contributed by atoms with E-state index in [0.29, 0.717) is 11.6 Å². The molecule has 1 aliphatic heterocycles. The molecule has 5 nitrogen and oxygen atoms in total. The van der Waals surface area contributed by atoms with Crippen LogP contribution < -0.4 is 10.1 Å². The molecule has 0 aliphatic carbocycles. The number of carbonyl (C=O) groups is 1. The maximum atomic E-state index is 12.4. The van der Waals surface area contributed by atoms with E-state index in [1.807, 2.05) is 79.7 Å². The van der Waals surface area contributed by atoms with E-state index >= 15 is 0 Å². The molecule has 0 unspecified atom stereocenters. The third-order valence-electron chi connectivity index (χ3n) is 5.60. The first kappa shape index (κ1) is 20.9. The van der Waals surface area contributed by atoms with Crippen LogP contribution in [0.25, 0.3) is 11.1 Å². The van der Waals surface area contributed by atoms with Crippen molar-refractivity contribution in [1.29, 1.82) is 5.41 Å². The summed E-state index contributed by atoms with van der Waals surface area (Å²) in [5.41, 5.74) is 3.15. The quantitative estimate of drug-likeness (QED) is 0.582. The van der Waals surface area contributed by atoms with Crippen molar-refractivity contribution in [2.24, 2.45) is 0 Å². The molecule has 0 saturated carbocycles. The molecule has 1 amide bonds. The molecular weight excluding hydrogens is 410 g/mol. The summed E-state index contributed by atoms with van der Waals surface area (Å²) in [5, 5.41) is 11.9. The number of benzene rings is 3. The van der Waals surface area contributed by atoms with Crippen LogP contribution in [0.1, 0.15) is 24.5 Å². The Labute approximate surface area is 187 Å². The number of halogens is 1. The van der Waals surface area contributed by atoms with Gasteiger partial charge in [0.15, 0.2) is 5.96 Å². The Balaban J connectivity index is 1.67. The smallest absolute Gasteiger partial charge is 0.231 e. The molecule has 0 spiro atoms. The molecule has 158 valence electrons. The minimum atomic E-state index is -0.666. The zero-order valence-electron chi connectivity index (χ0n) is 17.5. The van der Waals surface area contributed by atoms with Gasteiger partial charge in [-0.05, 0) is 47.9 Å². The molecule has 3 aromatic carbocycles. The average Bonchev–Trinajstić information content (AvgIpc) is 2.77. The van der Waals surface area contributed by atoms with Gasteiger partial charge in [-0.3, -0.25) is 15.1 Å². The van der Waals surface area contributed by atoms with Gasteiger partial charge in [-0.15, -0.1) is 0 Å². The Kier molecular flexibility index (Phi) is 5.70. The van der Waals surface area contributed by atoms with Gasteiger partial charge in [0, 0.05) is 17.6 Å². The lowest BCUT2D eigenvalue weighted by molar-refractivity contribution is -0.129. The SMILES string of the molecule is CN1C(=N)N[C@](C)(c2cccc(-c3cc(Cl)ccc3OCc3ccccc3)c2)CC1=O. The highest BCUT2D eigenvalue weighted by Crippen LogP contribution is 2.36. The minimum absolute atomic E-state index is 0.0914. The summed E-state index contributed by atoms with van der Waals surface area (Å²) in [6.07, 6.45) is 0.266. The van der Waals surface area contributed by atoms with Crippen LogP contribution in [-0.4, -0.2) is 23.8 Å². The van der Waals surface area contributed by atoms with Crippen LogP contribution in [-0.2, 0) is 16.9 Å². The summed E-state index contributed by atoms with van der Waals surface area (Å²) in [6.45, 7) is 2.39. The standard InChI is InChI=1S/C25H24ClN3O2/c1-25(15-23(30)29(2)24(27)28-25)19-10-6-9-18(13-19)21-14-20(26)11-12-22(21)31-16-17-7-4-3-5-8-17/h3-14H,15-16H2,1-2H3,(H2,27,28)/t25-/m0/s1. The Morgan fingerprint density at radius 3 is 2.61 bits per heavy atom. The van der Waals surface area contributed by atoms with Crippen molar-refractivity contribution in [2.75, 3.05) is 7.05 Å². The van der Waals surface area contributed by atoms with E-state index in [4.69, 9.17) is 21.7 Å². The summed E-state index contributed by atoms with van der Waals surface area (Å²) in [4.78, 5) is 13.7. The summed E-state index contributed by atoms with van der Waals surface area (Å²) in [5.74, 6) is 0.737. The molecule has 0 aromatic heterocycles. The first-order chi connectivity index (χ1) is 14.9. The second kappa shape index (κ2) is 8.44. The predicted octanol–water partition coefficient (Wildman–Crippen LogP) is 5.19. The molecule has 1 fully saturated rings. The maximum absolute atomic E-state index is 12.4. The highest BCUT2D eigenvalue weighted by Gasteiger charge is 2.38. The third kappa shape index (κ3) is 4.42. The molecule has 1 aliphatic rings. The number of hydrogen-bond donors (Lipinski definition) is 2. The summed E-state index contributed by atoms with van der Waals surface area (Å²) < 4.78 is 6.12. The second-order valence-corrected chi connectivity index (χ2v) is 8.37. The van der Waals surface area contributed by atoms with E-state index in [-0.39, 0.29) is 18.3 Å². The van der Waals surface area contributed by atoms with E-state index in [2.05, 4.69) is 5.32 Å². The Morgan fingerprint density at radius 1 is 1.10 bits per heavy atom. The predicted molar refractivity (Wildman–Crippen MR) is 123 cm³/mol. The van der Waals surface area contributed by atoms with Crippen LogP contribution in [0.4, 0.5) is 0 Å². The molecule has 31 heavy (non-hydrogen) atoms. The molecule has 0 bridgehead atoms. The molecule has 3 aromatic rings. The van der Waals surface area contributed by atoms with E-state index in [1.54, 1.807) is 7.05 Å². The van der Waals surface area contributed by atoms with Gasteiger partial charge in [0.05, 0.1) is 12.0 Å². The molecule has 2 N–H and O–H groups in total. The average molecular weight is 434 g/mol. The van der Waals surface area contributed by atoms with Gasteiger partial charge in [-0.25, -0.2) is 0 Å². The number of guanidine groups is 1. The lowest BCUT2D eigenvalue weighted by atomic mass is 9.85. The van der Waals surface area contributed by atoms with Crippen molar-refractivity contribution in [3.63, 3.8) is 0 Å².